The SMILES string of the molecule is C=C(C=C1N=C(CCCCN=C(N)CCCCC(N)=NCCCCC2=NC(=CC(=C)Sc3ccccc3C)c3cc(OC)c(OC)cc3N2C)N(C)c2cc(OC)c(OC)cc21)Sc1ccccc1C. The van der Waals surface area contributed by atoms with Crippen LogP contribution in [0.2, 0.25) is 0 Å². The maximum absolute atomic E-state index is 6.36. The minimum Gasteiger partial charge on any atom is -0.493 e. The number of methoxy groups -OCH3 is 4. The lowest BCUT2D eigenvalue weighted by molar-refractivity contribution is 0.355. The predicted molar refractivity (Wildman–Crippen MR) is 298 cm³/mol. The molecule has 0 saturated carbocycles. The largest absolute Gasteiger partial charge is 0.493 e. The highest BCUT2D eigenvalue weighted by Crippen LogP contribution is 2.44. The van der Waals surface area contributed by atoms with Gasteiger partial charge in [0.25, 0.3) is 0 Å². The smallest absolute Gasteiger partial charge is 0.162 e. The van der Waals surface area contributed by atoms with Crippen molar-refractivity contribution >= 4 is 69.6 Å². The van der Waals surface area contributed by atoms with Gasteiger partial charge in [-0.3, -0.25) is 9.98 Å². The molecule has 0 amide bonds. The zero-order chi connectivity index (χ0) is 50.2. The van der Waals surface area contributed by atoms with E-state index in [9.17, 15) is 0 Å². The quantitative estimate of drug-likeness (QED) is 0.0285. The highest BCUT2D eigenvalue weighted by molar-refractivity contribution is 8.03. The van der Waals surface area contributed by atoms with Gasteiger partial charge in [0, 0.05) is 95.7 Å². The van der Waals surface area contributed by atoms with Crippen molar-refractivity contribution in [1.82, 2.24) is 0 Å². The molecule has 0 radical (unpaired) electrons. The number of anilines is 2. The fourth-order valence-electron chi connectivity index (χ4n) is 8.19. The number of rotatable bonds is 25. The summed E-state index contributed by atoms with van der Waals surface area (Å²) in [5, 5.41) is 0. The number of amidine groups is 4. The number of nitrogens with two attached hydrogens (primary N) is 2. The van der Waals surface area contributed by atoms with E-state index in [0.717, 1.165) is 120 Å². The summed E-state index contributed by atoms with van der Waals surface area (Å²) in [4.78, 5) is 28.1. The molecule has 370 valence electrons. The van der Waals surface area contributed by atoms with Crippen LogP contribution in [0.5, 0.6) is 23.0 Å². The first-order valence-corrected chi connectivity index (χ1v) is 25.5. The summed E-state index contributed by atoms with van der Waals surface area (Å²) in [7, 11) is 10.7. The van der Waals surface area contributed by atoms with Crippen molar-refractivity contribution in [2.75, 3.05) is 65.4 Å². The summed E-state index contributed by atoms with van der Waals surface area (Å²) in [6.45, 7) is 14.3. The molecule has 0 bridgehead atoms. The molecule has 4 aromatic carbocycles. The monoisotopic (exact) mass is 982 g/mol. The molecule has 70 heavy (non-hydrogen) atoms. The van der Waals surface area contributed by atoms with Gasteiger partial charge in [0.2, 0.25) is 0 Å². The normalized spacial score (nSPS) is 14.8. The Kier molecular flexibility index (Phi) is 19.7. The number of unbranched alkanes of at least 4 members (excludes halogenated alkanes) is 3. The van der Waals surface area contributed by atoms with Crippen molar-refractivity contribution in [3.8, 4) is 23.0 Å². The first-order valence-electron chi connectivity index (χ1n) is 23.8. The number of aryl methyl sites for hydroxylation is 2. The number of aliphatic imine (C=N–C) groups is 4. The second-order valence-electron chi connectivity index (χ2n) is 17.2. The minimum absolute atomic E-state index is 0.654. The topological polar surface area (TPSA) is 145 Å². The second kappa shape index (κ2) is 26.0. The lowest BCUT2D eigenvalue weighted by Gasteiger charge is -2.30. The van der Waals surface area contributed by atoms with Crippen molar-refractivity contribution in [2.24, 2.45) is 31.4 Å². The van der Waals surface area contributed by atoms with Crippen LogP contribution < -0.4 is 40.2 Å². The van der Waals surface area contributed by atoms with Crippen LogP contribution in [0.15, 0.2) is 138 Å². The molecule has 2 heterocycles. The highest BCUT2D eigenvalue weighted by Gasteiger charge is 2.26. The molecule has 2 aliphatic rings. The first-order chi connectivity index (χ1) is 33.8. The number of fused-ring (bicyclic) bond motifs is 2. The van der Waals surface area contributed by atoms with E-state index in [1.807, 2.05) is 62.6 Å². The van der Waals surface area contributed by atoms with Gasteiger partial charge in [-0.1, -0.05) is 73.1 Å². The van der Waals surface area contributed by atoms with Crippen molar-refractivity contribution in [1.29, 1.82) is 0 Å². The molecule has 0 aromatic heterocycles. The van der Waals surface area contributed by atoms with E-state index in [4.69, 9.17) is 50.4 Å². The predicted octanol–water partition coefficient (Wildman–Crippen LogP) is 12.6. The number of hydrogen-bond donors (Lipinski definition) is 2. The zero-order valence-corrected chi connectivity index (χ0v) is 43.9. The van der Waals surface area contributed by atoms with Gasteiger partial charge in [-0.2, -0.15) is 0 Å². The summed E-state index contributed by atoms with van der Waals surface area (Å²) < 4.78 is 22.7. The van der Waals surface area contributed by atoms with E-state index in [-0.39, 0.29) is 0 Å². The summed E-state index contributed by atoms with van der Waals surface area (Å²) >= 11 is 3.28. The van der Waals surface area contributed by atoms with E-state index < -0.39 is 0 Å². The Morgan fingerprint density at radius 2 is 0.943 bits per heavy atom. The maximum atomic E-state index is 6.36. The molecule has 0 spiro atoms. The number of nitrogens with zero attached hydrogens (tertiary/aromatic N) is 6. The molecule has 0 fully saturated rings. The molecule has 0 atom stereocenters. The van der Waals surface area contributed by atoms with Gasteiger partial charge in [0.05, 0.1) is 62.9 Å². The van der Waals surface area contributed by atoms with Crippen LogP contribution in [-0.4, -0.2) is 79.0 Å². The summed E-state index contributed by atoms with van der Waals surface area (Å²) in [6, 6.07) is 24.7. The van der Waals surface area contributed by atoms with Gasteiger partial charge in [-0.25, -0.2) is 9.98 Å². The number of hydrogen-bond acceptors (Lipinski definition) is 12. The van der Waals surface area contributed by atoms with E-state index >= 15 is 0 Å². The van der Waals surface area contributed by atoms with E-state index in [1.54, 1.807) is 52.0 Å². The number of benzene rings is 4. The fraction of sp³-hybridized carbons (Fsp3) is 0.357. The Morgan fingerprint density at radius 1 is 0.571 bits per heavy atom. The Labute approximate surface area is 424 Å². The number of ether oxygens (including phenoxy) is 4. The van der Waals surface area contributed by atoms with Crippen LogP contribution in [0.1, 0.15) is 86.5 Å². The number of allylic oxidation sites excluding steroid dienone is 2. The standard InChI is InChI=1S/C56H70N8O4S2/c1-37-21-11-13-23-51(37)69-39(3)31-43-41-33-47(65-7)49(67-9)35-45(41)63(5)55(61-43)27-17-19-29-59-53(57)25-15-16-26-54(58)60-30-20-18-28-56-62-44(32-40(4)70-52-24-14-12-22-38(52)2)42-34-48(66-8)50(68-10)36-46(42)64(56)6/h11-14,21-24,31-36H,3-4,15-20,25-30H2,1-2,5-10H3,(H2,57,59)(H2,58,60). The Bertz CT molecular complexity index is 2520. The van der Waals surface area contributed by atoms with E-state index in [1.165, 1.54) is 20.9 Å². The average Bonchev–Trinajstić information content (AvgIpc) is 3.35. The molecule has 0 unspecified atom stereocenters. The molecule has 0 aliphatic carbocycles. The summed E-state index contributed by atoms with van der Waals surface area (Å²) in [5.41, 5.74) is 20.8. The van der Waals surface area contributed by atoms with Gasteiger partial charge < -0.3 is 40.2 Å². The third-order valence-electron chi connectivity index (χ3n) is 12.2. The number of thioether (sulfide) groups is 2. The van der Waals surface area contributed by atoms with Crippen LogP contribution >= 0.6 is 23.5 Å². The highest BCUT2D eigenvalue weighted by atomic mass is 32.2. The van der Waals surface area contributed by atoms with Crippen LogP contribution in [0.3, 0.4) is 0 Å². The van der Waals surface area contributed by atoms with Gasteiger partial charge in [-0.15, -0.1) is 0 Å². The van der Waals surface area contributed by atoms with Gasteiger partial charge in [-0.05, 0) is 99.9 Å². The Morgan fingerprint density at radius 3 is 1.31 bits per heavy atom. The Hall–Kier alpha value is -6.38. The first kappa shape index (κ1) is 53.0. The van der Waals surface area contributed by atoms with Crippen LogP contribution in [-0.2, 0) is 0 Å². The molecule has 6 rings (SSSR count). The third-order valence-corrected chi connectivity index (χ3v) is 14.3. The molecular formula is C56H70N8O4S2. The van der Waals surface area contributed by atoms with Gasteiger partial charge in [0.15, 0.2) is 23.0 Å². The lowest BCUT2D eigenvalue weighted by atomic mass is 10.0. The maximum Gasteiger partial charge on any atom is 0.162 e. The molecule has 4 aromatic rings. The molecule has 0 saturated heterocycles. The molecule has 4 N–H and O–H groups in total. The minimum atomic E-state index is 0.654. The molecule has 12 nitrogen and oxygen atoms in total. The molecule has 2 aliphatic heterocycles. The lowest BCUT2D eigenvalue weighted by Crippen LogP contribution is -2.30. The molecular weight excluding hydrogens is 913 g/mol. The second-order valence-corrected chi connectivity index (χ2v) is 19.6. The summed E-state index contributed by atoms with van der Waals surface area (Å²) in [5.74, 6) is 5.93. The third kappa shape index (κ3) is 14.1. The van der Waals surface area contributed by atoms with E-state index in [0.29, 0.717) is 47.8 Å². The fourth-order valence-corrected chi connectivity index (χ4v) is 9.85. The van der Waals surface area contributed by atoms with E-state index in [2.05, 4.69) is 73.2 Å². The van der Waals surface area contributed by atoms with Crippen LogP contribution in [0.4, 0.5) is 11.4 Å². The summed E-state index contributed by atoms with van der Waals surface area (Å²) in [6.07, 6.45) is 12.5. The van der Waals surface area contributed by atoms with Gasteiger partial charge >= 0.3 is 0 Å². The van der Waals surface area contributed by atoms with Crippen molar-refractivity contribution in [3.05, 3.63) is 130 Å². The van der Waals surface area contributed by atoms with Gasteiger partial charge in [0.1, 0.15) is 11.7 Å². The molecule has 14 heteroatoms. The van der Waals surface area contributed by atoms with Crippen LogP contribution in [0.25, 0.3) is 11.4 Å². The van der Waals surface area contributed by atoms with Crippen molar-refractivity contribution in [3.63, 3.8) is 0 Å². The zero-order valence-electron chi connectivity index (χ0n) is 42.3. The van der Waals surface area contributed by atoms with Crippen LogP contribution in [0, 0.1) is 13.8 Å². The average molecular weight is 983 g/mol. The van der Waals surface area contributed by atoms with Crippen molar-refractivity contribution in [2.45, 2.75) is 87.8 Å². The Balaban J connectivity index is 0.948. The van der Waals surface area contributed by atoms with Crippen molar-refractivity contribution < 1.29 is 18.9 Å².